The van der Waals surface area contributed by atoms with Crippen molar-refractivity contribution in [1.82, 2.24) is 10.5 Å². The number of benzene rings is 2. The molecular formula is C21H22N2O5. The van der Waals surface area contributed by atoms with Gasteiger partial charge in [0.1, 0.15) is 5.75 Å². The highest BCUT2D eigenvalue weighted by molar-refractivity contribution is 5.93. The first-order valence-electron chi connectivity index (χ1n) is 8.84. The van der Waals surface area contributed by atoms with E-state index in [1.165, 1.54) is 0 Å². The quantitative estimate of drug-likeness (QED) is 0.640. The Hall–Kier alpha value is -3.48. The number of carbonyl (C=O) groups is 1. The number of nitrogens with one attached hydrogen (secondary N) is 1. The van der Waals surface area contributed by atoms with Crippen LogP contribution >= 0.6 is 0 Å². The van der Waals surface area contributed by atoms with Crippen LogP contribution in [-0.4, -0.2) is 31.9 Å². The van der Waals surface area contributed by atoms with E-state index in [9.17, 15) is 4.79 Å². The first-order valence-corrected chi connectivity index (χ1v) is 8.84. The lowest BCUT2D eigenvalue weighted by Crippen LogP contribution is -2.23. The van der Waals surface area contributed by atoms with Crippen LogP contribution in [0.3, 0.4) is 0 Å². The Morgan fingerprint density at radius 3 is 2.57 bits per heavy atom. The molecule has 0 saturated carbocycles. The number of hydrogen-bond donors (Lipinski definition) is 1. The van der Waals surface area contributed by atoms with Crippen LogP contribution in [0.5, 0.6) is 17.2 Å². The third-order valence-corrected chi connectivity index (χ3v) is 4.10. The Labute approximate surface area is 163 Å². The zero-order valence-electron chi connectivity index (χ0n) is 16.0. The normalized spacial score (nSPS) is 10.4. The fourth-order valence-electron chi connectivity index (χ4n) is 2.73. The highest BCUT2D eigenvalue weighted by atomic mass is 16.5. The second-order valence-corrected chi connectivity index (χ2v) is 5.88. The number of carbonyl (C=O) groups excluding carboxylic acids is 1. The molecule has 0 saturated heterocycles. The molecule has 0 aliphatic carbocycles. The third-order valence-electron chi connectivity index (χ3n) is 4.10. The van der Waals surface area contributed by atoms with Crippen LogP contribution in [-0.2, 0) is 6.54 Å². The number of hydrogen-bond acceptors (Lipinski definition) is 6. The summed E-state index contributed by atoms with van der Waals surface area (Å²) in [6.07, 6.45) is 0. The summed E-state index contributed by atoms with van der Waals surface area (Å²) in [4.78, 5) is 12.4. The fraction of sp³-hybridized carbons (Fsp3) is 0.238. The van der Waals surface area contributed by atoms with Gasteiger partial charge in [-0.25, -0.2) is 0 Å². The van der Waals surface area contributed by atoms with Crippen molar-refractivity contribution >= 4 is 5.91 Å². The van der Waals surface area contributed by atoms with Crippen LogP contribution in [0.4, 0.5) is 0 Å². The zero-order valence-corrected chi connectivity index (χ0v) is 16.0. The third kappa shape index (κ3) is 4.25. The van der Waals surface area contributed by atoms with E-state index in [1.807, 2.05) is 49.4 Å². The van der Waals surface area contributed by atoms with Crippen molar-refractivity contribution in [2.75, 3.05) is 20.8 Å². The Balaban J connectivity index is 1.68. The van der Waals surface area contributed by atoms with Gasteiger partial charge in [0.2, 0.25) is 0 Å². The van der Waals surface area contributed by atoms with Gasteiger partial charge in [0, 0.05) is 12.6 Å². The van der Waals surface area contributed by atoms with E-state index in [-0.39, 0.29) is 11.6 Å². The van der Waals surface area contributed by atoms with E-state index in [2.05, 4.69) is 10.5 Å². The van der Waals surface area contributed by atoms with Crippen molar-refractivity contribution in [2.24, 2.45) is 0 Å². The highest BCUT2D eigenvalue weighted by Crippen LogP contribution is 2.30. The summed E-state index contributed by atoms with van der Waals surface area (Å²) in [5, 5.41) is 6.69. The van der Waals surface area contributed by atoms with Crippen LogP contribution < -0.4 is 19.5 Å². The average Bonchev–Trinajstić information content (AvgIpc) is 3.23. The molecule has 2 aromatic carbocycles. The molecule has 7 heteroatoms. The molecule has 0 unspecified atom stereocenters. The van der Waals surface area contributed by atoms with E-state index < -0.39 is 0 Å². The van der Waals surface area contributed by atoms with Crippen LogP contribution in [0.15, 0.2) is 53.1 Å². The molecule has 1 heterocycles. The monoisotopic (exact) mass is 382 g/mol. The Morgan fingerprint density at radius 1 is 1.04 bits per heavy atom. The molecule has 146 valence electrons. The maximum absolute atomic E-state index is 12.4. The van der Waals surface area contributed by atoms with Gasteiger partial charge in [0.25, 0.3) is 5.91 Å². The van der Waals surface area contributed by atoms with E-state index in [0.717, 1.165) is 11.1 Å². The van der Waals surface area contributed by atoms with Crippen LogP contribution in [0.25, 0.3) is 11.3 Å². The van der Waals surface area contributed by atoms with Gasteiger partial charge >= 0.3 is 0 Å². The summed E-state index contributed by atoms with van der Waals surface area (Å²) >= 11 is 0. The molecule has 0 radical (unpaired) electrons. The molecule has 0 aliphatic rings. The lowest BCUT2D eigenvalue weighted by atomic mass is 10.1. The van der Waals surface area contributed by atoms with Crippen molar-refractivity contribution in [3.05, 3.63) is 59.8 Å². The molecule has 28 heavy (non-hydrogen) atoms. The van der Waals surface area contributed by atoms with Gasteiger partial charge in [-0.1, -0.05) is 23.4 Å². The maximum atomic E-state index is 12.4. The summed E-state index contributed by atoms with van der Waals surface area (Å²) in [5.74, 6) is 2.06. The van der Waals surface area contributed by atoms with Crippen LogP contribution in [0.2, 0.25) is 0 Å². The predicted molar refractivity (Wildman–Crippen MR) is 104 cm³/mol. The van der Waals surface area contributed by atoms with Gasteiger partial charge in [-0.15, -0.1) is 0 Å². The highest BCUT2D eigenvalue weighted by Gasteiger charge is 2.16. The van der Waals surface area contributed by atoms with Crippen molar-refractivity contribution < 1.29 is 23.5 Å². The Kier molecular flexibility index (Phi) is 6.16. The standard InChI is InChI=1S/C21H22N2O5/c1-4-27-18-10-9-14(11-20(18)26-3)13-22-21(24)16-12-19(28-23-16)15-7-5-6-8-17(15)25-2/h5-12H,4,13H2,1-3H3,(H,22,24). The van der Waals surface area contributed by atoms with Gasteiger partial charge in [-0.05, 0) is 36.8 Å². The summed E-state index contributed by atoms with van der Waals surface area (Å²) in [6, 6.07) is 14.5. The number of para-hydroxylation sites is 1. The van der Waals surface area contributed by atoms with Gasteiger partial charge in [0.05, 0.1) is 26.4 Å². The number of nitrogens with zero attached hydrogens (tertiary/aromatic N) is 1. The molecule has 0 fully saturated rings. The van der Waals surface area contributed by atoms with Crippen LogP contribution in [0, 0.1) is 0 Å². The first kappa shape index (κ1) is 19.3. The second kappa shape index (κ2) is 8.94. The van der Waals surface area contributed by atoms with Gasteiger partial charge in [-0.2, -0.15) is 0 Å². The minimum absolute atomic E-state index is 0.193. The van der Waals surface area contributed by atoms with Gasteiger partial charge in [0.15, 0.2) is 23.0 Å². The van der Waals surface area contributed by atoms with E-state index in [4.69, 9.17) is 18.7 Å². The first-order chi connectivity index (χ1) is 13.7. The van der Waals surface area contributed by atoms with Gasteiger partial charge < -0.3 is 24.1 Å². The molecule has 0 atom stereocenters. The minimum atomic E-state index is -0.335. The molecule has 0 spiro atoms. The smallest absolute Gasteiger partial charge is 0.273 e. The largest absolute Gasteiger partial charge is 0.496 e. The number of aromatic nitrogens is 1. The van der Waals surface area contributed by atoms with E-state index in [1.54, 1.807) is 20.3 Å². The molecule has 0 bridgehead atoms. The summed E-state index contributed by atoms with van der Waals surface area (Å²) in [6.45, 7) is 2.77. The number of rotatable bonds is 8. The molecule has 1 amide bonds. The van der Waals surface area contributed by atoms with Gasteiger partial charge in [-0.3, -0.25) is 4.79 Å². The minimum Gasteiger partial charge on any atom is -0.496 e. The van der Waals surface area contributed by atoms with Crippen molar-refractivity contribution in [1.29, 1.82) is 0 Å². The molecule has 7 nitrogen and oxygen atoms in total. The SMILES string of the molecule is CCOc1ccc(CNC(=O)c2cc(-c3ccccc3OC)on2)cc1OC. The topological polar surface area (TPSA) is 82.8 Å². The molecular weight excluding hydrogens is 360 g/mol. The number of methoxy groups -OCH3 is 2. The van der Waals surface area contributed by atoms with Crippen molar-refractivity contribution in [2.45, 2.75) is 13.5 Å². The van der Waals surface area contributed by atoms with E-state index in [0.29, 0.717) is 36.2 Å². The van der Waals surface area contributed by atoms with Crippen molar-refractivity contribution in [3.8, 4) is 28.6 Å². The number of amides is 1. The Morgan fingerprint density at radius 2 is 1.82 bits per heavy atom. The molecule has 3 aromatic rings. The Bertz CT molecular complexity index is 951. The molecule has 1 aromatic heterocycles. The summed E-state index contributed by atoms with van der Waals surface area (Å²) in [7, 11) is 3.16. The lowest BCUT2D eigenvalue weighted by Gasteiger charge is -2.11. The lowest BCUT2D eigenvalue weighted by molar-refractivity contribution is 0.0942. The fourth-order valence-corrected chi connectivity index (χ4v) is 2.73. The van der Waals surface area contributed by atoms with Crippen molar-refractivity contribution in [3.63, 3.8) is 0 Å². The predicted octanol–water partition coefficient (Wildman–Crippen LogP) is 3.69. The maximum Gasteiger partial charge on any atom is 0.273 e. The van der Waals surface area contributed by atoms with Crippen LogP contribution in [0.1, 0.15) is 23.0 Å². The zero-order chi connectivity index (χ0) is 19.9. The average molecular weight is 382 g/mol. The van der Waals surface area contributed by atoms with E-state index >= 15 is 0 Å². The summed E-state index contributed by atoms with van der Waals surface area (Å²) in [5.41, 5.74) is 1.80. The summed E-state index contributed by atoms with van der Waals surface area (Å²) < 4.78 is 21.5. The number of ether oxygens (including phenoxy) is 3. The second-order valence-electron chi connectivity index (χ2n) is 5.88. The molecule has 1 N–H and O–H groups in total. The molecule has 3 rings (SSSR count). The molecule has 0 aliphatic heterocycles.